The van der Waals surface area contributed by atoms with Crippen LogP contribution in [0.2, 0.25) is 0 Å². The molecule has 4 aliphatic heterocycles. The number of fused-ring (bicyclic) bond motifs is 5. The fourth-order valence-electron chi connectivity index (χ4n) is 5.88. The van der Waals surface area contributed by atoms with Crippen molar-refractivity contribution in [3.63, 3.8) is 0 Å². The molecule has 9 nitrogen and oxygen atoms in total. The fourth-order valence-corrected chi connectivity index (χ4v) is 5.88. The average molecular weight is 455 g/mol. The fraction of sp³-hybridized carbons (Fsp3) is 0.565. The molecule has 0 aliphatic carbocycles. The first-order chi connectivity index (χ1) is 15.9. The van der Waals surface area contributed by atoms with E-state index in [0.29, 0.717) is 49.5 Å². The predicted octanol–water partition coefficient (Wildman–Crippen LogP) is 3.34. The summed E-state index contributed by atoms with van der Waals surface area (Å²) in [6.45, 7) is 7.24. The number of nitrogens with zero attached hydrogens (tertiary/aromatic N) is 5. The molecule has 0 radical (unpaired) electrons. The standard InChI is InChI=1S/C23H26FN5O4/c1-4-15-8-29(22(30)32-15)21-16-5-14-6-23(9-25-11-26-10-23)20-13(3)31-12(2)7-28(20)18(14)17(24)19(16)33-27-21/h5,9-10,12-13,15,20H,4,6-8,11H2,1-3H3/t12-,13+,15+,20-/m1/s1. The Bertz CT molecular complexity index is 1180. The number of anilines is 2. The van der Waals surface area contributed by atoms with Crippen molar-refractivity contribution in [1.29, 1.82) is 0 Å². The quantitative estimate of drug-likeness (QED) is 0.690. The number of aromatic nitrogens is 1. The molecule has 2 saturated heterocycles. The van der Waals surface area contributed by atoms with Gasteiger partial charge in [0.1, 0.15) is 12.8 Å². The van der Waals surface area contributed by atoms with Crippen molar-refractivity contribution in [2.24, 2.45) is 15.4 Å². The van der Waals surface area contributed by atoms with Crippen LogP contribution in [0.15, 0.2) is 20.6 Å². The number of benzene rings is 1. The minimum absolute atomic E-state index is 0.0453. The molecule has 0 unspecified atom stereocenters. The summed E-state index contributed by atoms with van der Waals surface area (Å²) >= 11 is 0. The Labute approximate surface area is 190 Å². The van der Waals surface area contributed by atoms with E-state index in [1.165, 1.54) is 4.90 Å². The maximum absolute atomic E-state index is 16.1. The van der Waals surface area contributed by atoms with E-state index >= 15 is 4.39 Å². The monoisotopic (exact) mass is 455 g/mol. The number of amides is 1. The molecule has 6 rings (SSSR count). The van der Waals surface area contributed by atoms with Crippen molar-refractivity contribution in [2.75, 3.05) is 29.6 Å². The molecule has 0 saturated carbocycles. The zero-order valence-corrected chi connectivity index (χ0v) is 18.8. The summed E-state index contributed by atoms with van der Waals surface area (Å²) in [5, 5.41) is 4.55. The van der Waals surface area contributed by atoms with Gasteiger partial charge in [-0.05, 0) is 38.3 Å². The normalized spacial score (nSPS) is 30.1. The molecule has 1 amide bonds. The predicted molar refractivity (Wildman–Crippen MR) is 121 cm³/mol. The summed E-state index contributed by atoms with van der Waals surface area (Å²) in [6, 6.07) is 1.74. The lowest BCUT2D eigenvalue weighted by molar-refractivity contribution is -0.0432. The second kappa shape index (κ2) is 7.24. The van der Waals surface area contributed by atoms with E-state index in [0.717, 1.165) is 5.56 Å². The van der Waals surface area contributed by atoms with E-state index in [4.69, 9.17) is 14.0 Å². The summed E-state index contributed by atoms with van der Waals surface area (Å²) in [5.74, 6) is -0.176. The highest BCUT2D eigenvalue weighted by atomic mass is 19.1. The van der Waals surface area contributed by atoms with Gasteiger partial charge in [-0.3, -0.25) is 14.9 Å². The minimum atomic E-state index is -0.512. The second-order valence-electron chi connectivity index (χ2n) is 9.41. The lowest BCUT2D eigenvalue weighted by Crippen LogP contribution is -2.65. The lowest BCUT2D eigenvalue weighted by Gasteiger charge is -2.54. The van der Waals surface area contributed by atoms with Gasteiger partial charge in [0, 0.05) is 19.0 Å². The smallest absolute Gasteiger partial charge is 0.416 e. The Morgan fingerprint density at radius 2 is 2.03 bits per heavy atom. The molecule has 1 spiro atoms. The van der Waals surface area contributed by atoms with Gasteiger partial charge in [0.2, 0.25) is 5.58 Å². The minimum Gasteiger partial charge on any atom is -0.444 e. The van der Waals surface area contributed by atoms with Crippen molar-refractivity contribution in [3.8, 4) is 0 Å². The summed E-state index contributed by atoms with van der Waals surface area (Å²) in [7, 11) is 0. The number of aliphatic imine (C=N–C) groups is 2. The van der Waals surface area contributed by atoms with E-state index in [-0.39, 0.29) is 29.9 Å². The third kappa shape index (κ3) is 2.92. The number of halogens is 1. The molecule has 0 bridgehead atoms. The number of ether oxygens (including phenoxy) is 2. The summed E-state index contributed by atoms with van der Waals surface area (Å²) in [6.07, 6.45) is 4.16. The first-order valence-electron chi connectivity index (χ1n) is 11.4. The lowest BCUT2D eigenvalue weighted by atomic mass is 9.69. The van der Waals surface area contributed by atoms with E-state index in [1.54, 1.807) is 0 Å². The Kier molecular flexibility index (Phi) is 4.52. The van der Waals surface area contributed by atoms with Crippen LogP contribution in [0.5, 0.6) is 0 Å². The van der Waals surface area contributed by atoms with E-state index in [1.807, 2.05) is 39.3 Å². The van der Waals surface area contributed by atoms with Crippen LogP contribution in [0.3, 0.4) is 0 Å². The summed E-state index contributed by atoms with van der Waals surface area (Å²) in [5.41, 5.74) is 0.846. The number of carbonyl (C=O) groups excluding carboxylic acids is 1. The number of hydrogen-bond acceptors (Lipinski definition) is 8. The highest BCUT2D eigenvalue weighted by Gasteiger charge is 2.52. The average Bonchev–Trinajstić information content (AvgIpc) is 3.36. The molecule has 174 valence electrons. The van der Waals surface area contributed by atoms with Gasteiger partial charge >= 0.3 is 6.09 Å². The number of morpholine rings is 1. The van der Waals surface area contributed by atoms with Crippen LogP contribution < -0.4 is 9.80 Å². The zero-order chi connectivity index (χ0) is 22.9. The molecule has 4 aliphatic rings. The Morgan fingerprint density at radius 3 is 2.76 bits per heavy atom. The molecule has 1 aromatic heterocycles. The first kappa shape index (κ1) is 20.6. The highest BCUT2D eigenvalue weighted by Crippen LogP contribution is 2.48. The molecule has 0 N–H and O–H groups in total. The molecule has 5 heterocycles. The molecular weight excluding hydrogens is 429 g/mol. The van der Waals surface area contributed by atoms with Crippen LogP contribution in [-0.4, -0.2) is 67.8 Å². The number of hydrogen-bond donors (Lipinski definition) is 0. The molecule has 4 atom stereocenters. The van der Waals surface area contributed by atoms with Crippen LogP contribution in [0.1, 0.15) is 32.8 Å². The third-order valence-corrected chi connectivity index (χ3v) is 7.17. The summed E-state index contributed by atoms with van der Waals surface area (Å²) in [4.78, 5) is 24.8. The van der Waals surface area contributed by atoms with Gasteiger partial charge in [-0.2, -0.15) is 0 Å². The molecule has 33 heavy (non-hydrogen) atoms. The number of carbonyl (C=O) groups is 1. The van der Waals surface area contributed by atoms with E-state index in [2.05, 4.69) is 20.0 Å². The summed E-state index contributed by atoms with van der Waals surface area (Å²) < 4.78 is 33.0. The van der Waals surface area contributed by atoms with Crippen molar-refractivity contribution in [1.82, 2.24) is 5.16 Å². The molecule has 2 fully saturated rings. The van der Waals surface area contributed by atoms with Gasteiger partial charge in [0.05, 0.1) is 41.3 Å². The van der Waals surface area contributed by atoms with Gasteiger partial charge in [-0.1, -0.05) is 12.1 Å². The van der Waals surface area contributed by atoms with Crippen LogP contribution in [0, 0.1) is 11.2 Å². The SMILES string of the molecule is CC[C@H]1CN(c2noc3c(F)c4c(cc23)CC2(C=NCN=C2)[C@H]2[C@H](C)O[C@H](C)CN42)C(=O)O1. The molecule has 2 aromatic rings. The van der Waals surface area contributed by atoms with Crippen LogP contribution in [0.25, 0.3) is 11.0 Å². The Morgan fingerprint density at radius 1 is 1.24 bits per heavy atom. The first-order valence-corrected chi connectivity index (χ1v) is 11.4. The van der Waals surface area contributed by atoms with Crippen LogP contribution in [-0.2, 0) is 15.9 Å². The van der Waals surface area contributed by atoms with Crippen molar-refractivity contribution < 1.29 is 23.2 Å². The van der Waals surface area contributed by atoms with Crippen LogP contribution in [0.4, 0.5) is 20.7 Å². The van der Waals surface area contributed by atoms with Gasteiger partial charge < -0.3 is 18.9 Å². The van der Waals surface area contributed by atoms with Gasteiger partial charge in [0.15, 0.2) is 11.6 Å². The van der Waals surface area contributed by atoms with Gasteiger partial charge in [-0.25, -0.2) is 9.18 Å². The molecular formula is C23H26FN5O4. The Balaban J connectivity index is 1.52. The van der Waals surface area contributed by atoms with Crippen molar-refractivity contribution in [2.45, 2.75) is 58.0 Å². The highest BCUT2D eigenvalue weighted by molar-refractivity contribution is 6.02. The van der Waals surface area contributed by atoms with Crippen molar-refractivity contribution in [3.05, 3.63) is 17.4 Å². The topological polar surface area (TPSA) is 92.8 Å². The van der Waals surface area contributed by atoms with Gasteiger partial charge in [0.25, 0.3) is 0 Å². The largest absolute Gasteiger partial charge is 0.444 e. The van der Waals surface area contributed by atoms with Gasteiger partial charge in [-0.15, -0.1) is 0 Å². The number of rotatable bonds is 2. The third-order valence-electron chi connectivity index (χ3n) is 7.17. The Hall–Kier alpha value is -3.01. The second-order valence-corrected chi connectivity index (χ2v) is 9.41. The van der Waals surface area contributed by atoms with Crippen LogP contribution >= 0.6 is 0 Å². The van der Waals surface area contributed by atoms with E-state index in [9.17, 15) is 4.79 Å². The molecule has 1 aromatic carbocycles. The van der Waals surface area contributed by atoms with Crippen molar-refractivity contribution >= 4 is 41.0 Å². The zero-order valence-electron chi connectivity index (χ0n) is 18.8. The van der Waals surface area contributed by atoms with E-state index < -0.39 is 17.3 Å². The maximum Gasteiger partial charge on any atom is 0.416 e. The number of cyclic esters (lactones) is 1. The molecule has 10 heteroatoms. The maximum atomic E-state index is 16.1.